The molecule has 1 atom stereocenters. The molecule has 0 N–H and O–H groups in total. The van der Waals surface area contributed by atoms with Crippen LogP contribution in [0.2, 0.25) is 0 Å². The predicted octanol–water partition coefficient (Wildman–Crippen LogP) is 3.15. The van der Waals surface area contributed by atoms with Crippen molar-refractivity contribution in [1.82, 2.24) is 14.7 Å². The zero-order chi connectivity index (χ0) is 18.4. The summed E-state index contributed by atoms with van der Waals surface area (Å²) in [6, 6.07) is 8.48. The van der Waals surface area contributed by atoms with Crippen LogP contribution in [-0.4, -0.2) is 80.7 Å². The maximum Gasteiger partial charge on any atom is 0.122 e. The van der Waals surface area contributed by atoms with E-state index in [0.29, 0.717) is 5.92 Å². The molecule has 1 aromatic carbocycles. The van der Waals surface area contributed by atoms with E-state index in [1.807, 2.05) is 0 Å². The van der Waals surface area contributed by atoms with Crippen molar-refractivity contribution in [3.05, 3.63) is 29.8 Å². The molecule has 2 fully saturated rings. The van der Waals surface area contributed by atoms with Crippen LogP contribution in [0.4, 0.5) is 0 Å². The Morgan fingerprint density at radius 3 is 2.58 bits per heavy atom. The number of ether oxygens (including phenoxy) is 1. The zero-order valence-corrected chi connectivity index (χ0v) is 17.0. The molecule has 0 radical (unpaired) electrons. The van der Waals surface area contributed by atoms with E-state index in [1.54, 1.807) is 0 Å². The van der Waals surface area contributed by atoms with Gasteiger partial charge in [-0.3, -0.25) is 4.90 Å². The van der Waals surface area contributed by atoms with E-state index in [-0.39, 0.29) is 0 Å². The highest BCUT2D eigenvalue weighted by molar-refractivity contribution is 5.35. The van der Waals surface area contributed by atoms with Crippen LogP contribution in [0.25, 0.3) is 0 Å². The smallest absolute Gasteiger partial charge is 0.122 e. The van der Waals surface area contributed by atoms with E-state index >= 15 is 0 Å². The first-order valence-electron chi connectivity index (χ1n) is 10.5. The van der Waals surface area contributed by atoms with Gasteiger partial charge in [-0.05, 0) is 49.9 Å². The second-order valence-electron chi connectivity index (χ2n) is 8.45. The van der Waals surface area contributed by atoms with Gasteiger partial charge in [-0.25, -0.2) is 0 Å². The van der Waals surface area contributed by atoms with Crippen LogP contribution in [-0.2, 0) is 0 Å². The number of benzene rings is 1. The minimum atomic E-state index is 0.508. The lowest BCUT2D eigenvalue weighted by molar-refractivity contribution is 0.0926. The molecule has 4 heteroatoms. The van der Waals surface area contributed by atoms with E-state index in [2.05, 4.69) is 59.9 Å². The summed E-state index contributed by atoms with van der Waals surface area (Å²) in [5.74, 6) is 2.40. The lowest BCUT2D eigenvalue weighted by atomic mass is 9.97. The Hall–Kier alpha value is -1.10. The van der Waals surface area contributed by atoms with Gasteiger partial charge in [0.05, 0.1) is 0 Å². The fourth-order valence-electron chi connectivity index (χ4n) is 4.27. The van der Waals surface area contributed by atoms with Crippen molar-refractivity contribution in [3.8, 4) is 5.75 Å². The monoisotopic (exact) mass is 359 g/mol. The number of likely N-dealkylation sites (N-methyl/N-ethyl adjacent to an activating group) is 1. The van der Waals surface area contributed by atoms with Crippen molar-refractivity contribution >= 4 is 0 Å². The summed E-state index contributed by atoms with van der Waals surface area (Å²) in [7, 11) is 2.23. The van der Waals surface area contributed by atoms with Gasteiger partial charge in [0.1, 0.15) is 12.4 Å². The number of piperazine rings is 1. The molecule has 2 saturated heterocycles. The molecule has 0 amide bonds. The van der Waals surface area contributed by atoms with Gasteiger partial charge >= 0.3 is 0 Å². The summed E-state index contributed by atoms with van der Waals surface area (Å²) < 4.78 is 6.14. The second-order valence-corrected chi connectivity index (χ2v) is 8.45. The van der Waals surface area contributed by atoms with Gasteiger partial charge in [0.15, 0.2) is 0 Å². The average molecular weight is 360 g/mol. The van der Waals surface area contributed by atoms with E-state index in [4.69, 9.17) is 4.74 Å². The van der Waals surface area contributed by atoms with Crippen molar-refractivity contribution in [2.45, 2.75) is 32.6 Å². The highest BCUT2D eigenvalue weighted by Gasteiger charge is 2.23. The largest absolute Gasteiger partial charge is 0.492 e. The summed E-state index contributed by atoms with van der Waals surface area (Å²) in [6.45, 7) is 15.0. The number of hydrogen-bond donors (Lipinski definition) is 0. The molecule has 1 unspecified atom stereocenters. The normalized spacial score (nSPS) is 23.5. The summed E-state index contributed by atoms with van der Waals surface area (Å²) in [4.78, 5) is 7.72. The molecule has 1 aromatic rings. The average Bonchev–Trinajstić information content (AvgIpc) is 2.64. The number of para-hydroxylation sites is 1. The molecule has 0 saturated carbocycles. The van der Waals surface area contributed by atoms with E-state index in [1.165, 1.54) is 64.2 Å². The van der Waals surface area contributed by atoms with Crippen molar-refractivity contribution in [2.24, 2.45) is 5.92 Å². The van der Waals surface area contributed by atoms with Gasteiger partial charge in [-0.15, -0.1) is 0 Å². The standard InChI is InChI=1S/C22H37N3O/c1-19(2)21-8-4-5-9-22(21)26-16-15-24-10-6-7-20(17-24)18-25-13-11-23(3)12-14-25/h4-5,8-9,19-20H,6-7,10-18H2,1-3H3. The van der Waals surface area contributed by atoms with Crippen molar-refractivity contribution in [1.29, 1.82) is 0 Å². The van der Waals surface area contributed by atoms with Gasteiger partial charge in [0.25, 0.3) is 0 Å². The lowest BCUT2D eigenvalue weighted by Crippen LogP contribution is -2.48. The van der Waals surface area contributed by atoms with Gasteiger partial charge in [-0.1, -0.05) is 32.0 Å². The molecule has 4 nitrogen and oxygen atoms in total. The molecule has 2 aliphatic rings. The molecule has 0 bridgehead atoms. The van der Waals surface area contributed by atoms with Gasteiger partial charge in [-0.2, -0.15) is 0 Å². The molecule has 26 heavy (non-hydrogen) atoms. The van der Waals surface area contributed by atoms with Crippen molar-refractivity contribution < 1.29 is 4.74 Å². The fraction of sp³-hybridized carbons (Fsp3) is 0.727. The first kappa shape index (κ1) is 19.7. The Morgan fingerprint density at radius 2 is 1.81 bits per heavy atom. The van der Waals surface area contributed by atoms with Crippen molar-refractivity contribution in [2.75, 3.05) is 66.0 Å². The maximum absolute atomic E-state index is 6.14. The molecular formula is C22H37N3O. The van der Waals surface area contributed by atoms with Gasteiger partial charge < -0.3 is 14.5 Å². The minimum Gasteiger partial charge on any atom is -0.492 e. The lowest BCUT2D eigenvalue weighted by Gasteiger charge is -2.38. The first-order chi connectivity index (χ1) is 12.6. The number of rotatable bonds is 7. The number of nitrogens with zero attached hydrogens (tertiary/aromatic N) is 3. The maximum atomic E-state index is 6.14. The molecule has 0 spiro atoms. The second kappa shape index (κ2) is 9.72. The topological polar surface area (TPSA) is 19.0 Å². The quantitative estimate of drug-likeness (QED) is 0.744. The first-order valence-corrected chi connectivity index (χ1v) is 10.5. The minimum absolute atomic E-state index is 0.508. The van der Waals surface area contributed by atoms with Crippen LogP contribution in [0, 0.1) is 5.92 Å². The molecule has 2 heterocycles. The van der Waals surface area contributed by atoms with Crippen LogP contribution in [0.3, 0.4) is 0 Å². The summed E-state index contributed by atoms with van der Waals surface area (Å²) in [5.41, 5.74) is 1.32. The number of hydrogen-bond acceptors (Lipinski definition) is 4. The highest BCUT2D eigenvalue weighted by Crippen LogP contribution is 2.26. The third kappa shape index (κ3) is 5.70. The van der Waals surface area contributed by atoms with Crippen molar-refractivity contribution in [3.63, 3.8) is 0 Å². The Morgan fingerprint density at radius 1 is 1.04 bits per heavy atom. The molecule has 2 aliphatic heterocycles. The van der Waals surface area contributed by atoms with Gasteiger partial charge in [0, 0.05) is 45.8 Å². The van der Waals surface area contributed by atoms with Gasteiger partial charge in [0.2, 0.25) is 0 Å². The molecule has 0 aromatic heterocycles. The number of likely N-dealkylation sites (tertiary alicyclic amines) is 1. The van der Waals surface area contributed by atoms with Crippen LogP contribution in [0.5, 0.6) is 5.75 Å². The van der Waals surface area contributed by atoms with Crippen LogP contribution < -0.4 is 4.74 Å². The van der Waals surface area contributed by atoms with E-state index < -0.39 is 0 Å². The number of piperidine rings is 1. The Balaban J connectivity index is 1.41. The Kier molecular flexibility index (Phi) is 7.35. The SMILES string of the molecule is CC(C)c1ccccc1OCCN1CCCC(CN2CCN(C)CC2)C1. The zero-order valence-electron chi connectivity index (χ0n) is 17.0. The highest BCUT2D eigenvalue weighted by atomic mass is 16.5. The predicted molar refractivity (Wildman–Crippen MR) is 109 cm³/mol. The molecular weight excluding hydrogens is 322 g/mol. The molecule has 146 valence electrons. The summed E-state index contributed by atoms with van der Waals surface area (Å²) >= 11 is 0. The Bertz CT molecular complexity index is 540. The third-order valence-electron chi connectivity index (χ3n) is 5.92. The molecule has 3 rings (SSSR count). The van der Waals surface area contributed by atoms with E-state index in [0.717, 1.165) is 24.8 Å². The Labute approximate surface area is 160 Å². The fourth-order valence-corrected chi connectivity index (χ4v) is 4.27. The van der Waals surface area contributed by atoms with E-state index in [9.17, 15) is 0 Å². The third-order valence-corrected chi connectivity index (χ3v) is 5.92. The summed E-state index contributed by atoms with van der Waals surface area (Å²) in [6.07, 6.45) is 2.72. The summed E-state index contributed by atoms with van der Waals surface area (Å²) in [5, 5.41) is 0. The van der Waals surface area contributed by atoms with Crippen LogP contribution in [0.1, 0.15) is 38.2 Å². The van der Waals surface area contributed by atoms with Crippen LogP contribution in [0.15, 0.2) is 24.3 Å². The molecule has 0 aliphatic carbocycles. The van der Waals surface area contributed by atoms with Crippen LogP contribution >= 0.6 is 0 Å².